The molecule has 0 radical (unpaired) electrons. The van der Waals surface area contributed by atoms with Crippen LogP contribution in [0.4, 0.5) is 10.5 Å². The van der Waals surface area contributed by atoms with Crippen LogP contribution < -0.4 is 54.8 Å². The zero-order valence-electron chi connectivity index (χ0n) is 55.9. The molecule has 0 aliphatic heterocycles. The molecule has 2 unspecified atom stereocenters. The van der Waals surface area contributed by atoms with Crippen molar-refractivity contribution < 1.29 is 48.3 Å². The average molecular weight is 1300 g/mol. The maximum Gasteiger partial charge on any atom is 0.312 e. The maximum atomic E-state index is 12.7. The first-order valence-corrected chi connectivity index (χ1v) is 30.5. The van der Waals surface area contributed by atoms with E-state index in [0.29, 0.717) is 56.4 Å². The summed E-state index contributed by atoms with van der Waals surface area (Å²) in [6.45, 7) is 17.2. The van der Waals surface area contributed by atoms with Gasteiger partial charge in [-0.05, 0) is 136 Å². The topological polar surface area (TPSA) is 370 Å². The molecule has 0 bridgehead atoms. The Morgan fingerprint density at radius 3 is 1.93 bits per heavy atom. The summed E-state index contributed by atoms with van der Waals surface area (Å²) in [5.74, 6) is 0.318. The predicted molar refractivity (Wildman–Crippen MR) is 371 cm³/mol. The molecule has 0 spiro atoms. The molecule has 24 heteroatoms. The molecule has 2 heterocycles. The lowest BCUT2D eigenvalue weighted by atomic mass is 9.83. The number of anilines is 1. The summed E-state index contributed by atoms with van der Waals surface area (Å²) in [5.41, 5.74) is 34.9. The first-order chi connectivity index (χ1) is 44.2. The summed E-state index contributed by atoms with van der Waals surface area (Å²) < 4.78 is 4.87. The Balaban J connectivity index is 0. The fourth-order valence-electron chi connectivity index (χ4n) is 10.0. The number of aromatic hydroxyl groups is 1. The summed E-state index contributed by atoms with van der Waals surface area (Å²) in [4.78, 5) is 68.4. The van der Waals surface area contributed by atoms with Gasteiger partial charge in [-0.25, -0.2) is 4.79 Å². The van der Waals surface area contributed by atoms with Crippen LogP contribution in [0.15, 0.2) is 97.1 Å². The van der Waals surface area contributed by atoms with E-state index in [1.165, 1.54) is 35.7 Å². The highest BCUT2D eigenvalue weighted by atomic mass is 35.5. The highest BCUT2D eigenvalue weighted by molar-refractivity contribution is 6.30. The minimum absolute atomic E-state index is 0.0400. The number of nitrogens with zero attached hydrogens (tertiary/aromatic N) is 4. The number of nitriles is 1. The lowest BCUT2D eigenvalue weighted by Gasteiger charge is -2.32. The van der Waals surface area contributed by atoms with Crippen LogP contribution in [0.5, 0.6) is 5.75 Å². The van der Waals surface area contributed by atoms with Crippen LogP contribution in [0, 0.1) is 25.2 Å². The number of phenolic OH excluding ortho intramolecular Hbond substituents is 1. The Bertz CT molecular complexity index is 3100. The normalized spacial score (nSPS) is 10.6. The summed E-state index contributed by atoms with van der Waals surface area (Å²) in [6, 6.07) is 34.3. The molecule has 4 aromatic carbocycles. The van der Waals surface area contributed by atoms with Crippen LogP contribution >= 0.6 is 11.6 Å². The number of nitrogens with one attached hydrogen (secondary N) is 6. The van der Waals surface area contributed by atoms with Gasteiger partial charge in [-0.1, -0.05) is 92.5 Å². The van der Waals surface area contributed by atoms with Crippen LogP contribution in [0.2, 0.25) is 5.02 Å². The number of carbonyl (C=O) groups excluding carboxylic acids is 6. The fraction of sp³-hybridized carbons (Fsp3) is 0.412. The van der Waals surface area contributed by atoms with Crippen molar-refractivity contribution in [3.05, 3.63) is 153 Å². The number of amides is 5. The number of benzene rings is 4. The Kier molecular flexibility index (Phi) is 46.1. The van der Waals surface area contributed by atoms with Crippen LogP contribution in [0.3, 0.4) is 0 Å². The molecule has 506 valence electrons. The third kappa shape index (κ3) is 30.7. The second-order valence-corrected chi connectivity index (χ2v) is 21.8. The monoisotopic (exact) mass is 1300 g/mol. The second-order valence-electron chi connectivity index (χ2n) is 21.4. The minimum atomic E-state index is -0.546. The molecule has 92 heavy (non-hydrogen) atoms. The molecular weight excluding hydrogens is 1190 g/mol. The molecule has 2 aromatic heterocycles. The Labute approximate surface area is 550 Å². The van der Waals surface area contributed by atoms with E-state index in [2.05, 4.69) is 151 Å². The minimum Gasteiger partial charge on any atom is -0.508 e. The SMILES string of the molecule is C=O.C=O.CCC.CN.CNCc1cc(C(CCCNC(N)=O)CNC(=O)CNCCN)ccc1C[N+](C)(C)CCCC(Cc1ccccc1CNC=O)c1ccc(Cl)cc1-c1cc(-c2ccc(O)cc2)c(C)n1C.CNc1cc(C#N)n(C)c1C.NC=O.O=CO. The lowest BCUT2D eigenvalue weighted by molar-refractivity contribution is -0.903. The van der Waals surface area contributed by atoms with Gasteiger partial charge in [-0.15, -0.1) is 0 Å². The number of phenols is 1. The van der Waals surface area contributed by atoms with Crippen LogP contribution in [0.1, 0.15) is 108 Å². The number of urea groups is 1. The van der Waals surface area contributed by atoms with E-state index in [9.17, 15) is 19.5 Å². The molecule has 0 aliphatic carbocycles. The summed E-state index contributed by atoms with van der Waals surface area (Å²) in [7, 11) is 13.9. The van der Waals surface area contributed by atoms with Crippen molar-refractivity contribution in [2.24, 2.45) is 37.0 Å². The zero-order chi connectivity index (χ0) is 70.2. The number of nitrogens with two attached hydrogens (primary N) is 4. The Morgan fingerprint density at radius 2 is 1.39 bits per heavy atom. The smallest absolute Gasteiger partial charge is 0.312 e. The van der Waals surface area contributed by atoms with E-state index in [0.717, 1.165) is 100 Å². The third-order valence-corrected chi connectivity index (χ3v) is 14.7. The van der Waals surface area contributed by atoms with Gasteiger partial charge < -0.3 is 88.3 Å². The molecular formula is C68H104ClN14O9+. The first-order valence-electron chi connectivity index (χ1n) is 30.1. The quantitative estimate of drug-likeness (QED) is 0.0131. The van der Waals surface area contributed by atoms with Gasteiger partial charge in [0.25, 0.3) is 6.47 Å². The van der Waals surface area contributed by atoms with Crippen molar-refractivity contribution in [2.75, 3.05) is 79.8 Å². The molecule has 23 nitrogen and oxygen atoms in total. The predicted octanol–water partition coefficient (Wildman–Crippen LogP) is 7.24. The standard InChI is InChI=1S/C52H70ClN9O4.C8H11N3.C3H8.CH3NO.CH5N.CH2O2.2CH2O/c1-36-48(37-16-19-46(64)20-17-37)29-50(61(36)3)49-28-45(53)18-21-47(49)40(26-38-10-6-7-11-41(38)31-58-35-63)13-9-25-62(4,5)34-43-15-14-39(27-44(43)30-56-2)42(12-8-23-59-52(55)66)32-60-51(65)33-57-24-22-54;1-6-8(10-2)4-7(5-9)11(6)3;1-3-2;2-1-3;1-2;2-1-3;2*1-2/h6-7,10-11,14-21,27-29,35,40,42,56-57H,8-9,12-13,22-26,30-34,54H2,1-5H3,(H5-,55,58,59,60,63,64,65,66);4,10H,1-3H3;3H2,1-2H3;1H,(H2,2,3);2H2,1H3;1H,(H,2,3);2*1H2/p+1. The number of quaternary nitrogens is 1. The largest absolute Gasteiger partial charge is 0.508 e. The van der Waals surface area contributed by atoms with E-state index >= 15 is 0 Å². The van der Waals surface area contributed by atoms with E-state index in [4.69, 9.17) is 52.6 Å². The molecule has 6 rings (SSSR count). The number of halogens is 1. The first kappa shape index (κ1) is 85.2. The molecule has 0 saturated carbocycles. The fourth-order valence-corrected chi connectivity index (χ4v) is 10.2. The van der Waals surface area contributed by atoms with Crippen LogP contribution in [-0.2, 0) is 68.9 Å². The molecule has 0 aliphatic rings. The zero-order valence-corrected chi connectivity index (χ0v) is 56.6. The van der Waals surface area contributed by atoms with E-state index in [1.54, 1.807) is 12.1 Å². The average Bonchev–Trinajstić information content (AvgIpc) is 1.57. The van der Waals surface area contributed by atoms with E-state index in [1.807, 2.05) is 76.5 Å². The van der Waals surface area contributed by atoms with Gasteiger partial charge in [0.15, 0.2) is 0 Å². The van der Waals surface area contributed by atoms with E-state index in [-0.39, 0.29) is 42.9 Å². The second kappa shape index (κ2) is 49.8. The number of carboxylic acid groups (broad SMARTS) is 1. The summed E-state index contributed by atoms with van der Waals surface area (Å²) in [5, 5.41) is 44.3. The van der Waals surface area contributed by atoms with Gasteiger partial charge >= 0.3 is 6.03 Å². The number of aromatic nitrogens is 2. The van der Waals surface area contributed by atoms with Gasteiger partial charge in [-0.3, -0.25) is 19.2 Å². The van der Waals surface area contributed by atoms with Crippen molar-refractivity contribution in [1.29, 1.82) is 5.26 Å². The van der Waals surface area contributed by atoms with Crippen LogP contribution in [0.25, 0.3) is 22.4 Å². The number of hydrogen-bond donors (Lipinski definition) is 12. The molecule has 0 fully saturated rings. The van der Waals surface area contributed by atoms with Crippen molar-refractivity contribution in [3.63, 3.8) is 0 Å². The molecule has 0 saturated heterocycles. The van der Waals surface area contributed by atoms with Gasteiger partial charge in [0, 0.05) is 105 Å². The van der Waals surface area contributed by atoms with Gasteiger partial charge in [0.1, 0.15) is 37.6 Å². The van der Waals surface area contributed by atoms with Gasteiger partial charge in [0.2, 0.25) is 18.7 Å². The van der Waals surface area contributed by atoms with Gasteiger partial charge in [-0.2, -0.15) is 5.26 Å². The molecule has 5 amide bonds. The van der Waals surface area contributed by atoms with Crippen LogP contribution in [-0.4, -0.2) is 143 Å². The van der Waals surface area contributed by atoms with Crippen molar-refractivity contribution in [2.45, 2.75) is 97.7 Å². The number of hydrogen-bond acceptors (Lipinski definition) is 14. The van der Waals surface area contributed by atoms with Crippen molar-refractivity contribution in [3.8, 4) is 34.2 Å². The highest BCUT2D eigenvalue weighted by Crippen LogP contribution is 2.40. The molecule has 2 atom stereocenters. The maximum absolute atomic E-state index is 12.7. The number of carbonyl (C=O) groups is 7. The van der Waals surface area contributed by atoms with E-state index < -0.39 is 6.03 Å². The summed E-state index contributed by atoms with van der Waals surface area (Å²) in [6.07, 6.45) is 6.38. The number of rotatable bonds is 28. The Hall–Kier alpha value is -8.89. The summed E-state index contributed by atoms with van der Waals surface area (Å²) >= 11 is 6.81. The van der Waals surface area contributed by atoms with Gasteiger partial charge in [0.05, 0.1) is 32.9 Å². The van der Waals surface area contributed by atoms with Crippen molar-refractivity contribution in [1.82, 2.24) is 35.7 Å². The van der Waals surface area contributed by atoms with Crippen molar-refractivity contribution >= 4 is 62.1 Å². The molecule has 6 aromatic rings. The molecule has 16 N–H and O–H groups in total. The third-order valence-electron chi connectivity index (χ3n) is 14.5. The highest BCUT2D eigenvalue weighted by Gasteiger charge is 2.25. The Morgan fingerprint density at radius 1 is 0.783 bits per heavy atom. The number of primary amides is 2. The lowest BCUT2D eigenvalue weighted by Crippen LogP contribution is -2.40.